The van der Waals surface area contributed by atoms with Gasteiger partial charge < -0.3 is 4.42 Å². The Hall–Kier alpha value is -6.40. The van der Waals surface area contributed by atoms with E-state index in [0.717, 1.165) is 72.5 Å². The lowest BCUT2D eigenvalue weighted by Crippen LogP contribution is -2.54. The van der Waals surface area contributed by atoms with E-state index in [0.29, 0.717) is 0 Å². The van der Waals surface area contributed by atoms with Crippen LogP contribution in [0.5, 0.6) is 0 Å². The molecule has 6 nitrogen and oxygen atoms in total. The molecule has 6 heteroatoms. The number of benzene rings is 6. The summed E-state index contributed by atoms with van der Waals surface area (Å²) in [5.41, 5.74) is 11.9. The summed E-state index contributed by atoms with van der Waals surface area (Å²) >= 11 is 0. The lowest BCUT2D eigenvalue weighted by atomic mass is 9.64. The average Bonchev–Trinajstić information content (AvgIpc) is 3.85. The Kier molecular flexibility index (Phi) is 5.70. The molecule has 0 amide bonds. The molecule has 1 aliphatic carbocycles. The number of nitrogens with zero attached hydrogens (tertiary/aromatic N) is 5. The quantitative estimate of drug-likeness (QED) is 0.183. The van der Waals surface area contributed by atoms with Gasteiger partial charge in [0.2, 0.25) is 5.66 Å². The summed E-state index contributed by atoms with van der Waals surface area (Å²) < 4.78 is 10.9. The van der Waals surface area contributed by atoms with Gasteiger partial charge in [-0.3, -0.25) is 4.90 Å². The number of furan rings is 1. The van der Waals surface area contributed by atoms with Crippen LogP contribution in [0, 0.1) is 13.8 Å². The summed E-state index contributed by atoms with van der Waals surface area (Å²) in [6, 6.07) is 49.8. The van der Waals surface area contributed by atoms with Crippen LogP contribution in [0.4, 0.5) is 17.3 Å². The van der Waals surface area contributed by atoms with E-state index in [1.807, 2.05) is 12.1 Å². The second-order valence-electron chi connectivity index (χ2n) is 14.7. The molecule has 1 spiro atoms. The van der Waals surface area contributed by atoms with Crippen molar-refractivity contribution >= 4 is 50.2 Å². The van der Waals surface area contributed by atoms with Crippen LogP contribution in [0.25, 0.3) is 44.0 Å². The van der Waals surface area contributed by atoms with Gasteiger partial charge in [-0.25, -0.2) is 9.36 Å². The summed E-state index contributed by atoms with van der Waals surface area (Å²) in [6.45, 7) is 8.99. The zero-order chi connectivity index (χ0) is 34.9. The normalized spacial score (nSPS) is 15.2. The number of anilines is 3. The first kappa shape index (κ1) is 29.3. The zero-order valence-electron chi connectivity index (χ0n) is 29.4. The maximum absolute atomic E-state index is 6.44. The topological polar surface area (TPSA) is 52.0 Å². The first-order valence-corrected chi connectivity index (χ1v) is 17.9. The molecule has 0 fully saturated rings. The van der Waals surface area contributed by atoms with Gasteiger partial charge in [-0.05, 0) is 60.9 Å². The minimum Gasteiger partial charge on any atom is -0.455 e. The highest BCUT2D eigenvalue weighted by atomic mass is 16.3. The fraction of sp³-hybridized carbons (Fsp3) is 0.130. The van der Waals surface area contributed by atoms with Gasteiger partial charge in [-0.2, -0.15) is 10.2 Å². The van der Waals surface area contributed by atoms with Crippen LogP contribution < -0.4 is 4.90 Å². The van der Waals surface area contributed by atoms with Gasteiger partial charge in [0, 0.05) is 49.5 Å². The monoisotopic (exact) mass is 673 g/mol. The van der Waals surface area contributed by atoms with Gasteiger partial charge in [0.05, 0.1) is 11.2 Å². The maximum atomic E-state index is 6.44. The number of hydrogen-bond donors (Lipinski definition) is 0. The van der Waals surface area contributed by atoms with E-state index in [2.05, 4.69) is 169 Å². The third-order valence-electron chi connectivity index (χ3n) is 11.7. The van der Waals surface area contributed by atoms with Crippen molar-refractivity contribution in [3.63, 3.8) is 0 Å². The van der Waals surface area contributed by atoms with Gasteiger partial charge in [-0.15, -0.1) is 0 Å². The van der Waals surface area contributed by atoms with E-state index in [1.165, 1.54) is 22.3 Å². The van der Waals surface area contributed by atoms with Gasteiger partial charge in [-0.1, -0.05) is 123 Å². The molecule has 0 atom stereocenters. The molecule has 6 aromatic carbocycles. The predicted molar refractivity (Wildman–Crippen MR) is 209 cm³/mol. The minimum atomic E-state index is -0.862. The molecule has 4 heterocycles. The van der Waals surface area contributed by atoms with E-state index < -0.39 is 5.66 Å². The van der Waals surface area contributed by atoms with Crippen molar-refractivity contribution in [2.45, 2.75) is 38.8 Å². The van der Waals surface area contributed by atoms with Crippen molar-refractivity contribution < 1.29 is 4.42 Å². The maximum Gasteiger partial charge on any atom is 0.210 e. The molecule has 1 aliphatic heterocycles. The van der Waals surface area contributed by atoms with Gasteiger partial charge in [0.1, 0.15) is 22.8 Å². The fourth-order valence-corrected chi connectivity index (χ4v) is 9.15. The van der Waals surface area contributed by atoms with Crippen molar-refractivity contribution in [3.05, 3.63) is 173 Å². The van der Waals surface area contributed by atoms with Gasteiger partial charge in [0.25, 0.3) is 0 Å². The number of hydrogen-bond acceptors (Lipinski definition) is 4. The Labute approximate surface area is 301 Å². The summed E-state index contributed by atoms with van der Waals surface area (Å²) in [5, 5.41) is 14.3. The molecule has 3 aromatic heterocycles. The number of para-hydroxylation sites is 2. The zero-order valence-corrected chi connectivity index (χ0v) is 29.4. The average molecular weight is 674 g/mol. The van der Waals surface area contributed by atoms with Crippen LogP contribution in [0.1, 0.15) is 47.4 Å². The number of aryl methyl sites for hydroxylation is 1. The summed E-state index contributed by atoms with van der Waals surface area (Å²) in [7, 11) is 0. The van der Waals surface area contributed by atoms with E-state index in [-0.39, 0.29) is 5.41 Å². The molecule has 0 radical (unpaired) electrons. The smallest absolute Gasteiger partial charge is 0.210 e. The highest BCUT2D eigenvalue weighted by Gasteiger charge is 2.56. The van der Waals surface area contributed by atoms with Crippen molar-refractivity contribution in [3.8, 4) is 11.1 Å². The molecule has 250 valence electrons. The standard InChI is InChI=1S/C46H35N5O/c1-28-29(2)47-50-43(28)49(31-26-24-30(25-27-31)32-16-13-17-34-33-14-6-12-23-41(33)52-42(32)34)44-35-15-5-11-22-40(35)48-51(44)46(50)38-20-9-7-18-36(38)45(3,4)37-19-8-10-21-39(37)46/h5-27H,1-4H3. The molecule has 2 aliphatic rings. The second kappa shape index (κ2) is 10.1. The minimum absolute atomic E-state index is 0.224. The summed E-state index contributed by atoms with van der Waals surface area (Å²) in [6.07, 6.45) is 0. The molecule has 9 aromatic rings. The molecule has 0 N–H and O–H groups in total. The lowest BCUT2D eigenvalue weighted by Gasteiger charge is -2.50. The highest BCUT2D eigenvalue weighted by molar-refractivity contribution is 6.09. The number of rotatable bonds is 2. The third kappa shape index (κ3) is 3.54. The van der Waals surface area contributed by atoms with Crippen molar-refractivity contribution in [1.29, 1.82) is 0 Å². The van der Waals surface area contributed by atoms with Crippen molar-refractivity contribution in [2.24, 2.45) is 0 Å². The Morgan fingerprint density at radius 2 is 1.13 bits per heavy atom. The van der Waals surface area contributed by atoms with Gasteiger partial charge >= 0.3 is 0 Å². The Bertz CT molecular complexity index is 2870. The summed E-state index contributed by atoms with van der Waals surface area (Å²) in [4.78, 5) is 2.37. The van der Waals surface area contributed by atoms with E-state index in [1.54, 1.807) is 0 Å². The summed E-state index contributed by atoms with van der Waals surface area (Å²) in [5.74, 6) is 2.05. The predicted octanol–water partition coefficient (Wildman–Crippen LogP) is 11.1. The fourth-order valence-electron chi connectivity index (χ4n) is 9.15. The SMILES string of the molecule is Cc1nn2c(c1C)N(c1ccc(-c3cccc4c3oc3ccccc34)cc1)c1c3ccccc3nn1C21c2ccccc2C(C)(C)c2ccccc21. The lowest BCUT2D eigenvalue weighted by molar-refractivity contribution is 0.273. The van der Waals surface area contributed by atoms with Crippen LogP contribution in [-0.4, -0.2) is 19.6 Å². The molecule has 11 rings (SSSR count). The largest absolute Gasteiger partial charge is 0.455 e. The molecule has 0 saturated heterocycles. The molecular formula is C46H35N5O. The Morgan fingerprint density at radius 1 is 0.538 bits per heavy atom. The van der Waals surface area contributed by atoms with Crippen LogP contribution in [-0.2, 0) is 11.1 Å². The third-order valence-corrected chi connectivity index (χ3v) is 11.7. The van der Waals surface area contributed by atoms with E-state index in [4.69, 9.17) is 14.6 Å². The van der Waals surface area contributed by atoms with Crippen LogP contribution >= 0.6 is 0 Å². The van der Waals surface area contributed by atoms with E-state index in [9.17, 15) is 0 Å². The number of aromatic nitrogens is 4. The first-order valence-electron chi connectivity index (χ1n) is 17.9. The van der Waals surface area contributed by atoms with Crippen LogP contribution in [0.3, 0.4) is 0 Å². The van der Waals surface area contributed by atoms with Crippen LogP contribution in [0.15, 0.2) is 144 Å². The van der Waals surface area contributed by atoms with Crippen molar-refractivity contribution in [1.82, 2.24) is 19.6 Å². The Morgan fingerprint density at radius 3 is 1.87 bits per heavy atom. The van der Waals surface area contributed by atoms with E-state index >= 15 is 0 Å². The second-order valence-corrected chi connectivity index (χ2v) is 14.7. The molecular weight excluding hydrogens is 639 g/mol. The molecule has 52 heavy (non-hydrogen) atoms. The van der Waals surface area contributed by atoms with Crippen molar-refractivity contribution in [2.75, 3.05) is 4.90 Å². The molecule has 0 bridgehead atoms. The molecule has 0 saturated carbocycles. The molecule has 0 unspecified atom stereocenters. The Balaban J connectivity index is 1.20. The van der Waals surface area contributed by atoms with Crippen LogP contribution in [0.2, 0.25) is 0 Å². The number of fused-ring (bicyclic) bond motifs is 13. The van der Waals surface area contributed by atoms with Gasteiger partial charge in [0.15, 0.2) is 0 Å². The highest BCUT2D eigenvalue weighted by Crippen LogP contribution is 2.58. The first-order chi connectivity index (χ1) is 25.4.